The lowest BCUT2D eigenvalue weighted by molar-refractivity contribution is -0.139. The van der Waals surface area contributed by atoms with Crippen LogP contribution in [0.2, 0.25) is 0 Å². The minimum absolute atomic E-state index is 0.0533. The van der Waals surface area contributed by atoms with Gasteiger partial charge in [0.1, 0.15) is 0 Å². The van der Waals surface area contributed by atoms with Crippen molar-refractivity contribution in [3.63, 3.8) is 0 Å². The molecule has 148 valence electrons. The standard InChI is InChI=1S/C23H28N2O3/c1-24(15-17-7-3-2-4-8-17)21-18-9-5-6-10-19(18)23(22(21)28)11-13-25(14-12-23)16-20(26)27/h2-10,21-22,28H,11-16H2,1H3,(H,26,27)/t21-,22+/m1/s1. The number of likely N-dealkylation sites (tertiary alicyclic amines) is 1. The molecule has 0 amide bonds. The highest BCUT2D eigenvalue weighted by Crippen LogP contribution is 2.52. The Bertz CT molecular complexity index is 831. The van der Waals surface area contributed by atoms with Gasteiger partial charge in [-0.25, -0.2) is 0 Å². The van der Waals surface area contributed by atoms with Crippen molar-refractivity contribution >= 4 is 5.97 Å². The SMILES string of the molecule is CN(Cc1ccccc1)[C@@H]1c2ccccc2C2(CCN(CC(=O)O)CC2)[C@H]1O. The second-order valence-corrected chi connectivity index (χ2v) is 8.20. The van der Waals surface area contributed by atoms with Gasteiger partial charge in [-0.15, -0.1) is 0 Å². The van der Waals surface area contributed by atoms with Crippen LogP contribution in [0.3, 0.4) is 0 Å². The van der Waals surface area contributed by atoms with E-state index in [0.717, 1.165) is 19.4 Å². The van der Waals surface area contributed by atoms with E-state index in [1.54, 1.807) is 0 Å². The van der Waals surface area contributed by atoms with Gasteiger partial charge < -0.3 is 10.2 Å². The van der Waals surface area contributed by atoms with E-state index in [0.29, 0.717) is 13.1 Å². The van der Waals surface area contributed by atoms with Gasteiger partial charge >= 0.3 is 5.97 Å². The number of fused-ring (bicyclic) bond motifs is 2. The first-order valence-electron chi connectivity index (χ1n) is 9.97. The van der Waals surface area contributed by atoms with E-state index in [2.05, 4.69) is 42.3 Å². The maximum Gasteiger partial charge on any atom is 0.317 e. The molecule has 1 spiro atoms. The van der Waals surface area contributed by atoms with Crippen LogP contribution in [0.25, 0.3) is 0 Å². The van der Waals surface area contributed by atoms with E-state index in [1.165, 1.54) is 16.7 Å². The van der Waals surface area contributed by atoms with Gasteiger partial charge in [-0.3, -0.25) is 14.6 Å². The van der Waals surface area contributed by atoms with Crippen molar-refractivity contribution in [2.45, 2.75) is 36.9 Å². The van der Waals surface area contributed by atoms with Gasteiger partial charge in [-0.2, -0.15) is 0 Å². The van der Waals surface area contributed by atoms with Gasteiger partial charge in [-0.1, -0.05) is 54.6 Å². The molecule has 2 aliphatic rings. The Hall–Kier alpha value is -2.21. The van der Waals surface area contributed by atoms with Crippen LogP contribution in [0, 0.1) is 0 Å². The Labute approximate surface area is 166 Å². The van der Waals surface area contributed by atoms with Crippen molar-refractivity contribution in [2.75, 3.05) is 26.7 Å². The molecule has 2 aromatic carbocycles. The van der Waals surface area contributed by atoms with Crippen molar-refractivity contribution in [2.24, 2.45) is 0 Å². The zero-order chi connectivity index (χ0) is 19.7. The number of hydrogen-bond donors (Lipinski definition) is 2. The van der Waals surface area contributed by atoms with Crippen molar-refractivity contribution < 1.29 is 15.0 Å². The molecule has 1 heterocycles. The number of hydrogen-bond acceptors (Lipinski definition) is 4. The summed E-state index contributed by atoms with van der Waals surface area (Å²) in [5, 5.41) is 20.6. The third kappa shape index (κ3) is 3.34. The largest absolute Gasteiger partial charge is 0.480 e. The minimum Gasteiger partial charge on any atom is -0.480 e. The summed E-state index contributed by atoms with van der Waals surface area (Å²) in [5.41, 5.74) is 3.38. The van der Waals surface area contributed by atoms with E-state index >= 15 is 0 Å². The number of rotatable bonds is 5. The zero-order valence-corrected chi connectivity index (χ0v) is 16.3. The lowest BCUT2D eigenvalue weighted by Gasteiger charge is -2.43. The van der Waals surface area contributed by atoms with Crippen LogP contribution in [0.4, 0.5) is 0 Å². The summed E-state index contributed by atoms with van der Waals surface area (Å²) in [6.07, 6.45) is 1.08. The van der Waals surface area contributed by atoms with Gasteiger partial charge in [0.15, 0.2) is 0 Å². The molecule has 0 radical (unpaired) electrons. The van der Waals surface area contributed by atoms with Gasteiger partial charge in [0.05, 0.1) is 18.7 Å². The Kier molecular flexibility index (Phi) is 5.23. The Morgan fingerprint density at radius 3 is 2.43 bits per heavy atom. The average molecular weight is 380 g/mol. The van der Waals surface area contributed by atoms with Crippen molar-refractivity contribution in [3.8, 4) is 0 Å². The molecule has 0 aromatic heterocycles. The topological polar surface area (TPSA) is 64.0 Å². The van der Waals surface area contributed by atoms with Crippen LogP contribution in [-0.2, 0) is 16.8 Å². The fraction of sp³-hybridized carbons (Fsp3) is 0.435. The predicted molar refractivity (Wildman–Crippen MR) is 108 cm³/mol. The Morgan fingerprint density at radius 2 is 1.75 bits per heavy atom. The van der Waals surface area contributed by atoms with Crippen LogP contribution in [0.1, 0.15) is 35.6 Å². The van der Waals surface area contributed by atoms with E-state index in [9.17, 15) is 9.90 Å². The van der Waals surface area contributed by atoms with E-state index < -0.39 is 12.1 Å². The first kappa shape index (κ1) is 19.1. The van der Waals surface area contributed by atoms with Gasteiger partial charge in [0, 0.05) is 12.0 Å². The summed E-state index contributed by atoms with van der Waals surface area (Å²) in [4.78, 5) is 15.3. The first-order chi connectivity index (χ1) is 13.5. The molecule has 0 saturated carbocycles. The molecular formula is C23H28N2O3. The van der Waals surface area contributed by atoms with Gasteiger partial charge in [-0.05, 0) is 49.7 Å². The summed E-state index contributed by atoms with van der Waals surface area (Å²) in [6, 6.07) is 18.7. The highest BCUT2D eigenvalue weighted by atomic mass is 16.4. The summed E-state index contributed by atoms with van der Waals surface area (Å²) in [6.45, 7) is 2.25. The van der Waals surface area contributed by atoms with Crippen LogP contribution in [-0.4, -0.2) is 58.8 Å². The molecule has 1 aliphatic heterocycles. The number of carboxylic acids is 1. The normalized spacial score (nSPS) is 23.8. The van der Waals surface area contributed by atoms with Crippen LogP contribution < -0.4 is 0 Å². The van der Waals surface area contributed by atoms with Crippen LogP contribution >= 0.6 is 0 Å². The second-order valence-electron chi connectivity index (χ2n) is 8.20. The molecule has 4 rings (SSSR count). The van der Waals surface area contributed by atoms with Crippen LogP contribution in [0.5, 0.6) is 0 Å². The zero-order valence-electron chi connectivity index (χ0n) is 16.3. The summed E-state index contributed by atoms with van der Waals surface area (Å²) < 4.78 is 0. The average Bonchev–Trinajstić information content (AvgIpc) is 2.93. The van der Waals surface area contributed by atoms with E-state index in [1.807, 2.05) is 29.2 Å². The monoisotopic (exact) mass is 380 g/mol. The molecule has 5 nitrogen and oxygen atoms in total. The number of aliphatic carboxylic acids is 1. The molecule has 2 atom stereocenters. The highest BCUT2D eigenvalue weighted by Gasteiger charge is 2.53. The third-order valence-corrected chi connectivity index (χ3v) is 6.54. The number of piperidine rings is 1. The van der Waals surface area contributed by atoms with Crippen molar-refractivity contribution in [3.05, 3.63) is 71.3 Å². The molecule has 1 aliphatic carbocycles. The maximum absolute atomic E-state index is 11.5. The second kappa shape index (κ2) is 7.66. The number of nitrogens with zero attached hydrogens (tertiary/aromatic N) is 2. The van der Waals surface area contributed by atoms with Gasteiger partial charge in [0.2, 0.25) is 0 Å². The molecule has 2 aromatic rings. The lowest BCUT2D eigenvalue weighted by Crippen LogP contribution is -2.50. The van der Waals surface area contributed by atoms with Gasteiger partial charge in [0.25, 0.3) is 0 Å². The summed E-state index contributed by atoms with van der Waals surface area (Å²) >= 11 is 0. The Morgan fingerprint density at radius 1 is 1.11 bits per heavy atom. The quantitative estimate of drug-likeness (QED) is 0.835. The molecule has 0 bridgehead atoms. The smallest absolute Gasteiger partial charge is 0.317 e. The number of carbonyl (C=O) groups is 1. The molecular weight excluding hydrogens is 352 g/mol. The highest BCUT2D eigenvalue weighted by molar-refractivity contribution is 5.69. The van der Waals surface area contributed by atoms with E-state index in [-0.39, 0.29) is 18.0 Å². The number of likely N-dealkylation sites (N-methyl/N-ethyl adjacent to an activating group) is 1. The summed E-state index contributed by atoms with van der Waals surface area (Å²) in [7, 11) is 2.08. The molecule has 28 heavy (non-hydrogen) atoms. The number of benzene rings is 2. The van der Waals surface area contributed by atoms with Crippen molar-refractivity contribution in [1.29, 1.82) is 0 Å². The molecule has 5 heteroatoms. The molecule has 0 unspecified atom stereocenters. The number of carboxylic acid groups (broad SMARTS) is 1. The Balaban J connectivity index is 1.60. The molecule has 1 saturated heterocycles. The number of aliphatic hydroxyl groups is 1. The van der Waals surface area contributed by atoms with E-state index in [4.69, 9.17) is 5.11 Å². The first-order valence-corrected chi connectivity index (χ1v) is 9.97. The molecule has 2 N–H and O–H groups in total. The predicted octanol–water partition coefficient (Wildman–Crippen LogP) is 2.65. The molecule has 1 fully saturated rings. The van der Waals surface area contributed by atoms with Crippen LogP contribution in [0.15, 0.2) is 54.6 Å². The minimum atomic E-state index is -0.788. The lowest BCUT2D eigenvalue weighted by atomic mass is 9.72. The number of aliphatic hydroxyl groups excluding tert-OH is 1. The fourth-order valence-electron chi connectivity index (χ4n) is 5.15. The third-order valence-electron chi connectivity index (χ3n) is 6.54. The maximum atomic E-state index is 11.5. The van der Waals surface area contributed by atoms with Crippen molar-refractivity contribution in [1.82, 2.24) is 9.80 Å². The summed E-state index contributed by atoms with van der Waals surface area (Å²) in [5.74, 6) is -0.788. The fourth-order valence-corrected chi connectivity index (χ4v) is 5.15.